The fourth-order valence-electron chi connectivity index (χ4n) is 1.68. The van der Waals surface area contributed by atoms with Crippen LogP contribution in [-0.4, -0.2) is 10.5 Å². The quantitative estimate of drug-likeness (QED) is 0.607. The maximum atomic E-state index is 10.7. The topological polar surface area (TPSA) is 34.1 Å². The van der Waals surface area contributed by atoms with Crippen molar-refractivity contribution in [1.82, 2.24) is 0 Å². The van der Waals surface area contributed by atoms with Gasteiger partial charge in [0.1, 0.15) is 0 Å². The highest BCUT2D eigenvalue weighted by molar-refractivity contribution is 7.92. The second-order valence-electron chi connectivity index (χ2n) is 3.44. The number of rotatable bonds is 2. The summed E-state index contributed by atoms with van der Waals surface area (Å²) in [5.41, 5.74) is 1.88. The average Bonchev–Trinajstić information content (AvgIpc) is 2.86. The maximum Gasteiger partial charge on any atom is 0.0410 e. The monoisotopic (exact) mass is 263 g/mol. The van der Waals surface area contributed by atoms with Crippen molar-refractivity contribution in [2.45, 2.75) is 11.3 Å². The number of hydrogen-bond acceptors (Lipinski definition) is 3. The van der Waals surface area contributed by atoms with Gasteiger partial charge in [0.05, 0.1) is 0 Å². The normalized spacial score (nSPS) is 13.4. The van der Waals surface area contributed by atoms with Crippen molar-refractivity contribution >= 4 is 37.7 Å². The van der Waals surface area contributed by atoms with Crippen LogP contribution in [0.4, 0.5) is 0 Å². The molecule has 0 aromatic heterocycles. The first kappa shape index (κ1) is 12.0. The van der Waals surface area contributed by atoms with Crippen LogP contribution < -0.4 is 0 Å². The first-order valence-electron chi connectivity index (χ1n) is 4.91. The van der Waals surface area contributed by atoms with Gasteiger partial charge in [0.15, 0.2) is 0 Å². The Morgan fingerprint density at radius 2 is 2.00 bits per heavy atom. The molecule has 1 aliphatic rings. The lowest BCUT2D eigenvalue weighted by atomic mass is 10.1. The number of benzene rings is 1. The van der Waals surface area contributed by atoms with Crippen LogP contribution in [0.25, 0.3) is 5.57 Å². The molecule has 0 fully saturated rings. The molecule has 1 aliphatic carbocycles. The summed E-state index contributed by atoms with van der Waals surface area (Å²) in [7, 11) is -1.26. The van der Waals surface area contributed by atoms with Gasteiger partial charge in [-0.05, 0) is 40.2 Å². The highest BCUT2D eigenvalue weighted by Gasteiger charge is 2.05. The van der Waals surface area contributed by atoms with Gasteiger partial charge in [-0.25, -0.2) is 0 Å². The Balaban J connectivity index is 2.69. The molecule has 2 rings (SSSR count). The van der Waals surface area contributed by atoms with E-state index in [2.05, 4.69) is 0 Å². The van der Waals surface area contributed by atoms with Crippen molar-refractivity contribution in [3.05, 3.63) is 47.0 Å². The number of halogens is 1. The smallest absolute Gasteiger partial charge is 0.0410 e. The SMILES string of the molecule is O=C=[S-](=C=O)c1ccc(Cl)cc1C1=CC=CC1. The molecule has 0 radical (unpaired) electrons. The number of hydrogen-bond donors (Lipinski definition) is 0. The van der Waals surface area contributed by atoms with Crippen LogP contribution in [0.2, 0.25) is 5.02 Å². The van der Waals surface area contributed by atoms with E-state index in [0.717, 1.165) is 17.6 Å². The summed E-state index contributed by atoms with van der Waals surface area (Å²) in [6.45, 7) is 0. The molecular formula is C13H8ClO2S-. The summed E-state index contributed by atoms with van der Waals surface area (Å²) >= 11 is 5.94. The van der Waals surface area contributed by atoms with Crippen molar-refractivity contribution in [2.75, 3.05) is 0 Å². The Hall–Kier alpha value is -1.50. The van der Waals surface area contributed by atoms with Crippen molar-refractivity contribution in [1.29, 1.82) is 0 Å². The number of allylic oxidation sites excluding steroid dienone is 4. The molecule has 0 bridgehead atoms. The zero-order valence-corrected chi connectivity index (χ0v) is 10.3. The largest absolute Gasteiger partial charge is 0.277 e. The Morgan fingerprint density at radius 3 is 2.59 bits per heavy atom. The van der Waals surface area contributed by atoms with E-state index in [1.807, 2.05) is 18.2 Å². The van der Waals surface area contributed by atoms with E-state index in [-0.39, 0.29) is 0 Å². The highest BCUT2D eigenvalue weighted by atomic mass is 35.5. The van der Waals surface area contributed by atoms with Crippen molar-refractivity contribution < 1.29 is 9.59 Å². The molecule has 1 aromatic rings. The molecule has 0 saturated carbocycles. The third-order valence-electron chi connectivity index (χ3n) is 2.45. The van der Waals surface area contributed by atoms with E-state index >= 15 is 0 Å². The molecule has 0 spiro atoms. The zero-order valence-electron chi connectivity index (χ0n) is 8.77. The minimum atomic E-state index is -1.26. The van der Waals surface area contributed by atoms with Gasteiger partial charge in [-0.15, -0.1) is 4.90 Å². The third kappa shape index (κ3) is 2.44. The van der Waals surface area contributed by atoms with Crippen LogP contribution in [-0.2, 0) is 19.7 Å². The number of carbonyl (C=O) groups excluding carboxylic acids is 2. The summed E-state index contributed by atoms with van der Waals surface area (Å²) in [5, 5.41) is 4.01. The molecule has 17 heavy (non-hydrogen) atoms. The minimum Gasteiger partial charge on any atom is -0.277 e. The fourth-order valence-corrected chi connectivity index (χ4v) is 2.68. The van der Waals surface area contributed by atoms with Crippen LogP contribution >= 0.6 is 11.6 Å². The predicted octanol–water partition coefficient (Wildman–Crippen LogP) is 2.79. The standard InChI is InChI=1S/C13H8ClO2S/c14-11-5-6-13(17(8-15)9-16)12(7-11)10-3-1-2-4-10/h1-3,5-7H,4H2/q-1. The summed E-state index contributed by atoms with van der Waals surface area (Å²) in [4.78, 5) is 22.1. The molecule has 86 valence electrons. The van der Waals surface area contributed by atoms with Crippen LogP contribution in [0.1, 0.15) is 12.0 Å². The van der Waals surface area contributed by atoms with Crippen molar-refractivity contribution in [3.63, 3.8) is 0 Å². The lowest BCUT2D eigenvalue weighted by Gasteiger charge is -2.14. The second-order valence-corrected chi connectivity index (χ2v) is 5.26. The van der Waals surface area contributed by atoms with Crippen LogP contribution in [0, 0.1) is 0 Å². The molecule has 0 unspecified atom stereocenters. The first-order chi connectivity index (χ1) is 8.26. The van der Waals surface area contributed by atoms with Gasteiger partial charge in [0.2, 0.25) is 0 Å². The van der Waals surface area contributed by atoms with Crippen molar-refractivity contribution in [3.8, 4) is 0 Å². The lowest BCUT2D eigenvalue weighted by molar-refractivity contribution is 0.570. The van der Waals surface area contributed by atoms with Crippen LogP contribution in [0.3, 0.4) is 0 Å². The van der Waals surface area contributed by atoms with Gasteiger partial charge in [-0.2, -0.15) is 0 Å². The Labute approximate surface area is 106 Å². The predicted molar refractivity (Wildman–Crippen MR) is 70.2 cm³/mol. The third-order valence-corrected chi connectivity index (χ3v) is 3.81. The van der Waals surface area contributed by atoms with E-state index in [4.69, 9.17) is 11.6 Å². The molecule has 0 saturated heterocycles. The summed E-state index contributed by atoms with van der Waals surface area (Å²) in [6, 6.07) is 5.12. The van der Waals surface area contributed by atoms with Crippen LogP contribution in [0.15, 0.2) is 41.3 Å². The van der Waals surface area contributed by atoms with Gasteiger partial charge < -0.3 is 0 Å². The molecule has 0 amide bonds. The molecule has 0 heterocycles. The Bertz CT molecular complexity index is 638. The average molecular weight is 264 g/mol. The van der Waals surface area contributed by atoms with Crippen LogP contribution in [0.5, 0.6) is 0 Å². The Kier molecular flexibility index (Phi) is 3.68. The molecule has 2 nitrogen and oxygen atoms in total. The minimum absolute atomic E-state index is 0.580. The molecule has 1 aromatic carbocycles. The maximum absolute atomic E-state index is 10.7. The van der Waals surface area contributed by atoms with E-state index in [1.54, 1.807) is 28.7 Å². The highest BCUT2D eigenvalue weighted by Crippen LogP contribution is 2.29. The van der Waals surface area contributed by atoms with Gasteiger partial charge in [0, 0.05) is 5.02 Å². The van der Waals surface area contributed by atoms with Gasteiger partial charge in [-0.1, -0.05) is 35.9 Å². The molecule has 0 atom stereocenters. The lowest BCUT2D eigenvalue weighted by Crippen LogP contribution is -1.92. The second kappa shape index (κ2) is 5.22. The van der Waals surface area contributed by atoms with Gasteiger partial charge >= 0.3 is 0 Å². The summed E-state index contributed by atoms with van der Waals surface area (Å²) < 4.78 is 0. The van der Waals surface area contributed by atoms with E-state index in [1.165, 1.54) is 0 Å². The molecular weight excluding hydrogens is 256 g/mol. The van der Waals surface area contributed by atoms with E-state index in [9.17, 15) is 9.59 Å². The van der Waals surface area contributed by atoms with E-state index in [0.29, 0.717) is 9.92 Å². The Morgan fingerprint density at radius 1 is 1.24 bits per heavy atom. The molecule has 0 N–H and O–H groups in total. The van der Waals surface area contributed by atoms with Gasteiger partial charge in [-0.3, -0.25) is 19.7 Å². The van der Waals surface area contributed by atoms with Crippen molar-refractivity contribution in [2.24, 2.45) is 0 Å². The fraction of sp³-hybridized carbons (Fsp3) is 0.0769. The first-order valence-corrected chi connectivity index (χ1v) is 6.52. The summed E-state index contributed by atoms with van der Waals surface area (Å²) in [6.07, 6.45) is 6.68. The van der Waals surface area contributed by atoms with E-state index < -0.39 is 10.1 Å². The summed E-state index contributed by atoms with van der Waals surface area (Å²) in [5.74, 6) is 0. The zero-order chi connectivity index (χ0) is 12.3. The molecule has 0 aliphatic heterocycles. The molecule has 4 heteroatoms. The van der Waals surface area contributed by atoms with Gasteiger partial charge in [0.25, 0.3) is 0 Å².